The Bertz CT molecular complexity index is 408. The summed E-state index contributed by atoms with van der Waals surface area (Å²) in [5.41, 5.74) is 1.98. The first kappa shape index (κ1) is 17.7. The van der Waals surface area contributed by atoms with Crippen LogP contribution in [-0.4, -0.2) is 31.9 Å². The second-order valence-electron chi connectivity index (χ2n) is 5.05. The number of hydrogen-bond donors (Lipinski definition) is 1. The van der Waals surface area contributed by atoms with Crippen molar-refractivity contribution >= 4 is 0 Å². The van der Waals surface area contributed by atoms with Crippen LogP contribution in [0.3, 0.4) is 0 Å². The van der Waals surface area contributed by atoms with Gasteiger partial charge in [0.25, 0.3) is 0 Å². The lowest BCUT2D eigenvalue weighted by molar-refractivity contribution is 0.199. The van der Waals surface area contributed by atoms with E-state index in [-0.39, 0.29) is 0 Å². The Labute approximate surface area is 128 Å². The summed E-state index contributed by atoms with van der Waals surface area (Å²) in [5.74, 6) is 0.884. The monoisotopic (exact) mass is 292 g/mol. The first-order chi connectivity index (χ1) is 10.3. The molecule has 1 rings (SSSR count). The van der Waals surface area contributed by atoms with Gasteiger partial charge in [-0.2, -0.15) is 0 Å². The summed E-state index contributed by atoms with van der Waals surface area (Å²) in [6, 6.07) is 4.01. The molecule has 0 aliphatic rings. The third-order valence-corrected chi connectivity index (χ3v) is 3.16. The number of nitrogens with zero attached hydrogens (tertiary/aromatic N) is 1. The summed E-state index contributed by atoms with van der Waals surface area (Å²) in [4.78, 5) is 4.56. The van der Waals surface area contributed by atoms with Gasteiger partial charge >= 0.3 is 0 Å². The van der Waals surface area contributed by atoms with E-state index in [1.807, 2.05) is 25.1 Å². The molecule has 0 saturated heterocycles. The van der Waals surface area contributed by atoms with Crippen molar-refractivity contribution in [1.82, 2.24) is 10.3 Å². The molecule has 0 aliphatic heterocycles. The molecule has 1 aromatic heterocycles. The Morgan fingerprint density at radius 1 is 1.24 bits per heavy atom. The lowest BCUT2D eigenvalue weighted by atomic mass is 10.2. The summed E-state index contributed by atoms with van der Waals surface area (Å²) in [7, 11) is 1.70. The van der Waals surface area contributed by atoms with E-state index in [9.17, 15) is 0 Å². The maximum atomic E-state index is 5.87. The summed E-state index contributed by atoms with van der Waals surface area (Å²) < 4.78 is 10.9. The second-order valence-corrected chi connectivity index (χ2v) is 5.05. The average molecular weight is 292 g/mol. The molecule has 0 saturated carbocycles. The molecule has 0 unspecified atom stereocenters. The molecule has 118 valence electrons. The third-order valence-electron chi connectivity index (χ3n) is 3.16. The molecule has 1 aromatic rings. The van der Waals surface area contributed by atoms with E-state index in [1.165, 1.54) is 12.8 Å². The summed E-state index contributed by atoms with van der Waals surface area (Å²) in [6.07, 6.45) is 6.48. The number of ether oxygens (including phenoxy) is 2. The van der Waals surface area contributed by atoms with Crippen LogP contribution >= 0.6 is 0 Å². The van der Waals surface area contributed by atoms with E-state index in [1.54, 1.807) is 7.11 Å². The van der Waals surface area contributed by atoms with Crippen molar-refractivity contribution in [2.45, 2.75) is 39.2 Å². The minimum Gasteiger partial charge on any atom is -0.492 e. The molecule has 1 heterocycles. The minimum atomic E-state index is 0.700. The molecule has 0 atom stereocenters. The lowest BCUT2D eigenvalue weighted by Gasteiger charge is -2.12. The summed E-state index contributed by atoms with van der Waals surface area (Å²) in [6.45, 7) is 8.69. The van der Waals surface area contributed by atoms with Gasteiger partial charge in [0.05, 0.1) is 18.9 Å². The van der Waals surface area contributed by atoms with Gasteiger partial charge < -0.3 is 14.8 Å². The molecular weight excluding hydrogens is 264 g/mol. The fourth-order valence-corrected chi connectivity index (χ4v) is 1.99. The van der Waals surface area contributed by atoms with Gasteiger partial charge in [0.2, 0.25) is 0 Å². The van der Waals surface area contributed by atoms with E-state index in [0.29, 0.717) is 13.2 Å². The molecule has 21 heavy (non-hydrogen) atoms. The number of nitrogens with one attached hydrogen (secondary N) is 1. The van der Waals surface area contributed by atoms with Crippen LogP contribution in [-0.2, 0) is 11.3 Å². The van der Waals surface area contributed by atoms with Gasteiger partial charge in [-0.3, -0.25) is 4.98 Å². The van der Waals surface area contributed by atoms with Gasteiger partial charge in [0.1, 0.15) is 5.75 Å². The SMILES string of the molecule is C=CCCCCCOc1ccc(C)nc1CNCCOC. The second kappa shape index (κ2) is 11.3. The van der Waals surface area contributed by atoms with Crippen LogP contribution < -0.4 is 10.1 Å². The van der Waals surface area contributed by atoms with E-state index in [2.05, 4.69) is 16.9 Å². The highest BCUT2D eigenvalue weighted by Crippen LogP contribution is 2.17. The fourth-order valence-electron chi connectivity index (χ4n) is 1.99. The topological polar surface area (TPSA) is 43.4 Å². The number of aromatic nitrogens is 1. The number of allylic oxidation sites excluding steroid dienone is 1. The summed E-state index contributed by atoms with van der Waals surface area (Å²) >= 11 is 0. The maximum Gasteiger partial charge on any atom is 0.142 e. The number of rotatable bonds is 12. The average Bonchev–Trinajstić information content (AvgIpc) is 2.49. The van der Waals surface area contributed by atoms with E-state index in [0.717, 1.165) is 43.1 Å². The van der Waals surface area contributed by atoms with Crippen LogP contribution in [0.5, 0.6) is 5.75 Å². The van der Waals surface area contributed by atoms with Crippen molar-refractivity contribution in [3.05, 3.63) is 36.2 Å². The standard InChI is InChI=1S/C17H28N2O2/c1-4-5-6-7-8-12-21-17-10-9-15(2)19-16(17)14-18-11-13-20-3/h4,9-10,18H,1,5-8,11-14H2,2-3H3. The Hall–Kier alpha value is -1.39. The van der Waals surface area contributed by atoms with Crippen LogP contribution in [0.15, 0.2) is 24.8 Å². The van der Waals surface area contributed by atoms with Gasteiger partial charge in [0, 0.05) is 25.9 Å². The van der Waals surface area contributed by atoms with Crippen molar-refractivity contribution < 1.29 is 9.47 Å². The van der Waals surface area contributed by atoms with Crippen LogP contribution in [0, 0.1) is 6.92 Å². The number of unbranched alkanes of at least 4 members (excludes halogenated alkanes) is 3. The molecule has 0 fully saturated rings. The van der Waals surface area contributed by atoms with Gasteiger partial charge in [-0.1, -0.05) is 6.08 Å². The predicted octanol–water partition coefficient (Wildman–Crippen LogP) is 3.25. The molecule has 1 N–H and O–H groups in total. The van der Waals surface area contributed by atoms with Crippen molar-refractivity contribution in [3.63, 3.8) is 0 Å². The van der Waals surface area contributed by atoms with Gasteiger partial charge in [-0.05, 0) is 44.7 Å². The predicted molar refractivity (Wildman–Crippen MR) is 86.7 cm³/mol. The highest BCUT2D eigenvalue weighted by atomic mass is 16.5. The number of pyridine rings is 1. The Morgan fingerprint density at radius 3 is 2.86 bits per heavy atom. The van der Waals surface area contributed by atoms with Gasteiger partial charge in [-0.15, -0.1) is 6.58 Å². The van der Waals surface area contributed by atoms with Crippen molar-refractivity contribution in [3.8, 4) is 5.75 Å². The van der Waals surface area contributed by atoms with E-state index < -0.39 is 0 Å². The molecular formula is C17H28N2O2. The molecule has 4 heteroatoms. The zero-order valence-electron chi connectivity index (χ0n) is 13.4. The van der Waals surface area contributed by atoms with Gasteiger partial charge in [-0.25, -0.2) is 0 Å². The normalized spacial score (nSPS) is 10.6. The lowest BCUT2D eigenvalue weighted by Crippen LogP contribution is -2.20. The molecule has 0 bridgehead atoms. The van der Waals surface area contributed by atoms with Crippen molar-refractivity contribution in [1.29, 1.82) is 0 Å². The van der Waals surface area contributed by atoms with E-state index >= 15 is 0 Å². The molecule has 4 nitrogen and oxygen atoms in total. The van der Waals surface area contributed by atoms with E-state index in [4.69, 9.17) is 9.47 Å². The van der Waals surface area contributed by atoms with Crippen LogP contribution in [0.4, 0.5) is 0 Å². The molecule has 0 amide bonds. The zero-order chi connectivity index (χ0) is 15.3. The third kappa shape index (κ3) is 7.83. The highest BCUT2D eigenvalue weighted by Gasteiger charge is 2.05. The highest BCUT2D eigenvalue weighted by molar-refractivity contribution is 5.29. The number of aryl methyl sites for hydroxylation is 1. The zero-order valence-corrected chi connectivity index (χ0v) is 13.4. The Balaban J connectivity index is 2.38. The first-order valence-electron chi connectivity index (χ1n) is 7.67. The van der Waals surface area contributed by atoms with Crippen LogP contribution in [0.2, 0.25) is 0 Å². The molecule has 0 aliphatic carbocycles. The molecule has 0 spiro atoms. The van der Waals surface area contributed by atoms with Gasteiger partial charge in [0.15, 0.2) is 0 Å². The summed E-state index contributed by atoms with van der Waals surface area (Å²) in [5, 5.41) is 3.31. The molecule has 0 radical (unpaired) electrons. The quantitative estimate of drug-likeness (QED) is 0.474. The number of methoxy groups -OCH3 is 1. The fraction of sp³-hybridized carbons (Fsp3) is 0.588. The van der Waals surface area contributed by atoms with Crippen LogP contribution in [0.25, 0.3) is 0 Å². The number of hydrogen-bond acceptors (Lipinski definition) is 4. The molecule has 0 aromatic carbocycles. The Kier molecular flexibility index (Phi) is 9.49. The Morgan fingerprint density at radius 2 is 2.10 bits per heavy atom. The van der Waals surface area contributed by atoms with Crippen molar-refractivity contribution in [2.24, 2.45) is 0 Å². The maximum absolute atomic E-state index is 5.87. The largest absolute Gasteiger partial charge is 0.492 e. The van der Waals surface area contributed by atoms with Crippen molar-refractivity contribution in [2.75, 3.05) is 26.9 Å². The van der Waals surface area contributed by atoms with Crippen LogP contribution in [0.1, 0.15) is 37.1 Å². The first-order valence-corrected chi connectivity index (χ1v) is 7.67. The smallest absolute Gasteiger partial charge is 0.142 e. The minimum absolute atomic E-state index is 0.700.